The van der Waals surface area contributed by atoms with Crippen LogP contribution in [0.25, 0.3) is 0 Å². The summed E-state index contributed by atoms with van der Waals surface area (Å²) < 4.78 is 23.6. The van der Waals surface area contributed by atoms with Crippen molar-refractivity contribution in [1.29, 1.82) is 0 Å². The third-order valence-corrected chi connectivity index (χ3v) is 5.65. The second kappa shape index (κ2) is 7.96. The Kier molecular flexibility index (Phi) is 5.63. The molecule has 0 aromatic heterocycles. The molecule has 0 spiro atoms. The van der Waals surface area contributed by atoms with Gasteiger partial charge in [0.05, 0.1) is 10.8 Å². The van der Waals surface area contributed by atoms with Gasteiger partial charge in [-0.1, -0.05) is 60.7 Å². The number of amides is 1. The van der Waals surface area contributed by atoms with Crippen LogP contribution in [0.15, 0.2) is 77.7 Å². The molecule has 0 saturated heterocycles. The van der Waals surface area contributed by atoms with Crippen molar-refractivity contribution in [2.75, 3.05) is 5.32 Å². The SMILES string of the molecule is Cc1cc(S(N)(=O)=O)cc(NC(=O)C(c2ccccc2)c2ccccc2)c1C. The van der Waals surface area contributed by atoms with E-state index in [1.165, 1.54) is 12.1 Å². The highest BCUT2D eigenvalue weighted by atomic mass is 32.2. The number of sulfonamides is 1. The first-order valence-corrected chi connectivity index (χ1v) is 10.4. The maximum absolute atomic E-state index is 13.2. The van der Waals surface area contributed by atoms with Gasteiger partial charge < -0.3 is 5.32 Å². The number of aryl methyl sites for hydroxylation is 1. The van der Waals surface area contributed by atoms with Gasteiger partial charge in [-0.3, -0.25) is 4.79 Å². The van der Waals surface area contributed by atoms with E-state index in [1.807, 2.05) is 67.6 Å². The summed E-state index contributed by atoms with van der Waals surface area (Å²) in [5, 5.41) is 8.18. The third kappa shape index (κ3) is 4.30. The van der Waals surface area contributed by atoms with E-state index in [4.69, 9.17) is 5.14 Å². The minimum atomic E-state index is -3.88. The van der Waals surface area contributed by atoms with Crippen molar-refractivity contribution in [2.45, 2.75) is 24.7 Å². The molecule has 6 heteroatoms. The normalized spacial score (nSPS) is 11.4. The molecule has 0 saturated carbocycles. The zero-order chi connectivity index (χ0) is 20.3. The molecule has 3 rings (SSSR count). The average molecular weight is 394 g/mol. The van der Waals surface area contributed by atoms with Crippen molar-refractivity contribution >= 4 is 21.6 Å². The Balaban J connectivity index is 2.03. The fraction of sp³-hybridized carbons (Fsp3) is 0.136. The number of nitrogens with two attached hydrogens (primary N) is 1. The monoisotopic (exact) mass is 394 g/mol. The topological polar surface area (TPSA) is 89.3 Å². The summed E-state index contributed by atoms with van der Waals surface area (Å²) in [5.41, 5.74) is 3.66. The van der Waals surface area contributed by atoms with Crippen molar-refractivity contribution in [3.8, 4) is 0 Å². The van der Waals surface area contributed by atoms with Crippen LogP contribution >= 0.6 is 0 Å². The lowest BCUT2D eigenvalue weighted by molar-refractivity contribution is -0.116. The van der Waals surface area contributed by atoms with Gasteiger partial charge in [-0.15, -0.1) is 0 Å². The van der Waals surface area contributed by atoms with E-state index in [-0.39, 0.29) is 10.8 Å². The van der Waals surface area contributed by atoms with Gasteiger partial charge in [0.1, 0.15) is 0 Å². The lowest BCUT2D eigenvalue weighted by atomic mass is 9.90. The van der Waals surface area contributed by atoms with Gasteiger partial charge in [0.2, 0.25) is 15.9 Å². The summed E-state index contributed by atoms with van der Waals surface area (Å²) in [6.07, 6.45) is 0. The summed E-state index contributed by atoms with van der Waals surface area (Å²) in [6.45, 7) is 3.61. The van der Waals surface area contributed by atoms with Crippen LogP contribution in [0.3, 0.4) is 0 Å². The van der Waals surface area contributed by atoms with E-state index in [0.717, 1.165) is 22.3 Å². The molecule has 28 heavy (non-hydrogen) atoms. The smallest absolute Gasteiger partial charge is 0.238 e. The number of rotatable bonds is 5. The van der Waals surface area contributed by atoms with Crippen LogP contribution in [-0.2, 0) is 14.8 Å². The Morgan fingerprint density at radius 1 is 0.893 bits per heavy atom. The maximum Gasteiger partial charge on any atom is 0.238 e. The Morgan fingerprint density at radius 2 is 1.39 bits per heavy atom. The van der Waals surface area contributed by atoms with Gasteiger partial charge in [0, 0.05) is 5.69 Å². The first kappa shape index (κ1) is 19.8. The van der Waals surface area contributed by atoms with Gasteiger partial charge in [-0.25, -0.2) is 13.6 Å². The van der Waals surface area contributed by atoms with E-state index in [1.54, 1.807) is 6.92 Å². The van der Waals surface area contributed by atoms with Crippen LogP contribution in [0.1, 0.15) is 28.2 Å². The number of benzene rings is 3. The molecule has 0 fully saturated rings. The van der Waals surface area contributed by atoms with Crippen molar-refractivity contribution in [3.05, 3.63) is 95.1 Å². The Labute approximate surface area is 165 Å². The molecule has 0 heterocycles. The fourth-order valence-electron chi connectivity index (χ4n) is 3.11. The van der Waals surface area contributed by atoms with E-state index < -0.39 is 15.9 Å². The fourth-order valence-corrected chi connectivity index (χ4v) is 3.73. The molecular weight excluding hydrogens is 372 g/mol. The molecule has 1 amide bonds. The van der Waals surface area contributed by atoms with Gasteiger partial charge in [-0.05, 0) is 48.2 Å². The quantitative estimate of drug-likeness (QED) is 0.691. The van der Waals surface area contributed by atoms with Gasteiger partial charge in [-0.2, -0.15) is 0 Å². The highest BCUT2D eigenvalue weighted by Crippen LogP contribution is 2.29. The maximum atomic E-state index is 13.2. The molecule has 0 aliphatic carbocycles. The zero-order valence-corrected chi connectivity index (χ0v) is 16.5. The van der Waals surface area contributed by atoms with Crippen molar-refractivity contribution < 1.29 is 13.2 Å². The van der Waals surface area contributed by atoms with Crippen LogP contribution in [0.5, 0.6) is 0 Å². The van der Waals surface area contributed by atoms with Crippen LogP contribution < -0.4 is 10.5 Å². The van der Waals surface area contributed by atoms with E-state index in [9.17, 15) is 13.2 Å². The number of carbonyl (C=O) groups excluding carboxylic acids is 1. The minimum absolute atomic E-state index is 0.0260. The number of anilines is 1. The highest BCUT2D eigenvalue weighted by molar-refractivity contribution is 7.89. The molecule has 0 radical (unpaired) electrons. The van der Waals surface area contributed by atoms with Crippen molar-refractivity contribution in [1.82, 2.24) is 0 Å². The predicted molar refractivity (Wildman–Crippen MR) is 111 cm³/mol. The van der Waals surface area contributed by atoms with Crippen LogP contribution in [-0.4, -0.2) is 14.3 Å². The largest absolute Gasteiger partial charge is 0.325 e. The number of hydrogen-bond donors (Lipinski definition) is 2. The minimum Gasteiger partial charge on any atom is -0.325 e. The second-order valence-electron chi connectivity index (χ2n) is 6.70. The predicted octanol–water partition coefficient (Wildman–Crippen LogP) is 3.72. The van der Waals surface area contributed by atoms with Crippen LogP contribution in [0.4, 0.5) is 5.69 Å². The first-order valence-electron chi connectivity index (χ1n) is 8.82. The summed E-state index contributed by atoms with van der Waals surface area (Å²) >= 11 is 0. The van der Waals surface area contributed by atoms with Crippen LogP contribution in [0, 0.1) is 13.8 Å². The molecule has 0 atom stereocenters. The Bertz CT molecular complexity index is 1060. The molecule has 5 nitrogen and oxygen atoms in total. The summed E-state index contributed by atoms with van der Waals surface area (Å²) in [4.78, 5) is 13.2. The molecule has 0 aliphatic heterocycles. The summed E-state index contributed by atoms with van der Waals surface area (Å²) in [7, 11) is -3.88. The lowest BCUT2D eigenvalue weighted by Crippen LogP contribution is -2.23. The first-order chi connectivity index (χ1) is 13.3. The van der Waals surface area contributed by atoms with Gasteiger partial charge in [0.15, 0.2) is 0 Å². The molecule has 3 N–H and O–H groups in total. The average Bonchev–Trinajstić information content (AvgIpc) is 2.66. The van der Waals surface area contributed by atoms with Gasteiger partial charge >= 0.3 is 0 Å². The van der Waals surface area contributed by atoms with Crippen molar-refractivity contribution in [3.63, 3.8) is 0 Å². The lowest BCUT2D eigenvalue weighted by Gasteiger charge is -2.20. The van der Waals surface area contributed by atoms with E-state index in [2.05, 4.69) is 5.32 Å². The third-order valence-electron chi connectivity index (χ3n) is 4.76. The highest BCUT2D eigenvalue weighted by Gasteiger charge is 2.24. The molecule has 3 aromatic rings. The number of primary sulfonamides is 1. The molecule has 3 aromatic carbocycles. The number of nitrogens with one attached hydrogen (secondary N) is 1. The van der Waals surface area contributed by atoms with Crippen LogP contribution in [0.2, 0.25) is 0 Å². The summed E-state index contributed by atoms with van der Waals surface area (Å²) in [5.74, 6) is -0.772. The number of carbonyl (C=O) groups is 1. The molecule has 0 unspecified atom stereocenters. The Hall–Kier alpha value is -2.96. The van der Waals surface area contributed by atoms with Crippen molar-refractivity contribution in [2.24, 2.45) is 5.14 Å². The standard InChI is InChI=1S/C22H22N2O3S/c1-15-13-19(28(23,26)27)14-20(16(15)2)24-22(25)21(17-9-5-3-6-10-17)18-11-7-4-8-12-18/h3-14,21H,1-2H3,(H,24,25)(H2,23,26,27). The second-order valence-corrected chi connectivity index (χ2v) is 8.26. The van der Waals surface area contributed by atoms with E-state index in [0.29, 0.717) is 5.69 Å². The summed E-state index contributed by atoms with van der Waals surface area (Å²) in [6, 6.07) is 21.8. The Morgan fingerprint density at radius 3 is 1.86 bits per heavy atom. The van der Waals surface area contributed by atoms with E-state index >= 15 is 0 Å². The van der Waals surface area contributed by atoms with Gasteiger partial charge in [0.25, 0.3) is 0 Å². The molecule has 0 aliphatic rings. The molecule has 0 bridgehead atoms. The molecule has 144 valence electrons. The zero-order valence-electron chi connectivity index (χ0n) is 15.7. The molecular formula is C22H22N2O3S. The number of hydrogen-bond acceptors (Lipinski definition) is 3.